The molecule has 2 heterocycles. The molecule has 2 N–H and O–H groups in total. The third kappa shape index (κ3) is 8.25. The first-order valence-electron chi connectivity index (χ1n) is 19.1. The van der Waals surface area contributed by atoms with Crippen molar-refractivity contribution in [2.24, 2.45) is 22.9 Å². The van der Waals surface area contributed by atoms with Gasteiger partial charge in [-0.05, 0) is 82.1 Å². The predicted octanol–water partition coefficient (Wildman–Crippen LogP) is 5.72. The van der Waals surface area contributed by atoms with Crippen LogP contribution in [0.4, 0.5) is 0 Å². The Morgan fingerprint density at radius 2 is 1.72 bits per heavy atom. The molecule has 0 bridgehead atoms. The van der Waals surface area contributed by atoms with Crippen molar-refractivity contribution >= 4 is 17.7 Å². The molecule has 6 atom stereocenters. The van der Waals surface area contributed by atoms with Crippen LogP contribution in [-0.2, 0) is 19.0 Å². The number of unbranched alkanes of at least 4 members (excludes halogenated alkanes) is 2. The summed E-state index contributed by atoms with van der Waals surface area (Å²) in [6.07, 6.45) is 10.2. The molecule has 54 heavy (non-hydrogen) atoms. The van der Waals surface area contributed by atoms with Gasteiger partial charge in [-0.2, -0.15) is 0 Å². The fourth-order valence-electron chi connectivity index (χ4n) is 8.20. The first kappa shape index (κ1) is 40.7. The van der Waals surface area contributed by atoms with Crippen molar-refractivity contribution in [1.82, 2.24) is 15.0 Å². The number of nitrogens with zero attached hydrogens (tertiary/aromatic N) is 4. The first-order valence-corrected chi connectivity index (χ1v) is 19.1. The van der Waals surface area contributed by atoms with Crippen molar-refractivity contribution in [2.75, 3.05) is 46.2 Å². The molecule has 1 aromatic carbocycles. The SMILES string of the molecule is C=CCOc1ccc2c(c1)C1C(CCCCO)C(CCCCO)C=C3C(=NOCC)CC(n4nnc(C(=O)OCC)c4C(=O)OCC)C(OCC=C)(O2)C31. The zero-order valence-corrected chi connectivity index (χ0v) is 31.6. The molecule has 6 unspecified atom stereocenters. The van der Waals surface area contributed by atoms with Crippen molar-refractivity contribution in [2.45, 2.75) is 83.5 Å². The molecule has 5 rings (SSSR count). The Morgan fingerprint density at radius 1 is 1.00 bits per heavy atom. The van der Waals surface area contributed by atoms with Crippen LogP contribution in [-0.4, -0.2) is 94.9 Å². The zero-order chi connectivity index (χ0) is 38.7. The van der Waals surface area contributed by atoms with Crippen LogP contribution in [0.2, 0.25) is 0 Å². The second kappa shape index (κ2) is 19.2. The highest BCUT2D eigenvalue weighted by molar-refractivity contribution is 6.03. The van der Waals surface area contributed by atoms with Gasteiger partial charge in [-0.1, -0.05) is 48.0 Å². The van der Waals surface area contributed by atoms with Gasteiger partial charge >= 0.3 is 11.9 Å². The van der Waals surface area contributed by atoms with E-state index in [1.165, 1.54) is 4.68 Å². The molecule has 14 nitrogen and oxygen atoms in total. The number of carbonyl (C=O) groups excluding carboxylic acids is 2. The normalized spacial score (nSPS) is 24.7. The van der Waals surface area contributed by atoms with E-state index in [-0.39, 0.29) is 68.6 Å². The number of aliphatic hydroxyl groups excluding tert-OH is 2. The van der Waals surface area contributed by atoms with Crippen molar-refractivity contribution in [3.05, 3.63) is 72.1 Å². The number of allylic oxidation sites excluding steroid dienone is 1. The Bertz CT molecular complexity index is 1690. The summed E-state index contributed by atoms with van der Waals surface area (Å²) < 4.78 is 32.2. The summed E-state index contributed by atoms with van der Waals surface area (Å²) in [6, 6.07) is 4.78. The molecule has 2 aliphatic carbocycles. The molecule has 0 saturated heterocycles. The molecular weight excluding hydrogens is 696 g/mol. The van der Waals surface area contributed by atoms with Crippen LogP contribution in [0.1, 0.15) is 104 Å². The molecular formula is C40H54N4O10. The molecule has 2 aromatic rings. The van der Waals surface area contributed by atoms with Gasteiger partial charge in [-0.15, -0.1) is 11.7 Å². The highest BCUT2D eigenvalue weighted by atomic mass is 16.7. The standard InChI is InChI=1S/C40H54N4O10/c1-6-21-51-27-17-18-32-30(24-27)34-28(16-12-14-20-46)26(15-11-13-19-45)23-29-31(42-53-10-5)25-33(40(54-32,35(29)34)52-22-7-2)44-37(39(48)50-9-4)36(41-43-44)38(47)49-8-3/h6-7,17-18,23-24,26,28,33-35,45-46H,1-2,8-16,19-22,25H2,3-5H3. The van der Waals surface area contributed by atoms with Gasteiger partial charge in [-0.3, -0.25) is 0 Å². The van der Waals surface area contributed by atoms with E-state index in [0.717, 1.165) is 36.8 Å². The minimum atomic E-state index is -1.54. The topological polar surface area (TPSA) is 173 Å². The fraction of sp³-hybridized carbons (Fsp3) is 0.575. The minimum absolute atomic E-state index is 0.0236. The van der Waals surface area contributed by atoms with Gasteiger partial charge in [0.2, 0.25) is 11.5 Å². The second-order valence-electron chi connectivity index (χ2n) is 13.5. The van der Waals surface area contributed by atoms with Gasteiger partial charge in [-0.25, -0.2) is 14.3 Å². The van der Waals surface area contributed by atoms with Gasteiger partial charge in [0, 0.05) is 31.1 Å². The number of rotatable bonds is 21. The number of benzene rings is 1. The molecule has 0 amide bonds. The summed E-state index contributed by atoms with van der Waals surface area (Å²) in [7, 11) is 0. The Balaban J connectivity index is 1.83. The maximum Gasteiger partial charge on any atom is 0.361 e. The number of hydrogen-bond donors (Lipinski definition) is 2. The number of carbonyl (C=O) groups is 2. The molecule has 0 spiro atoms. The number of aliphatic hydroxyl groups is 2. The first-order chi connectivity index (χ1) is 26.3. The monoisotopic (exact) mass is 750 g/mol. The average molecular weight is 751 g/mol. The van der Waals surface area contributed by atoms with Crippen LogP contribution in [0.15, 0.2) is 60.3 Å². The molecule has 0 radical (unpaired) electrons. The van der Waals surface area contributed by atoms with Crippen molar-refractivity contribution in [3.63, 3.8) is 0 Å². The smallest absolute Gasteiger partial charge is 0.361 e. The fourth-order valence-corrected chi connectivity index (χ4v) is 8.20. The molecule has 1 fully saturated rings. The van der Waals surface area contributed by atoms with Crippen LogP contribution >= 0.6 is 0 Å². The van der Waals surface area contributed by atoms with Crippen LogP contribution in [0.5, 0.6) is 11.5 Å². The van der Waals surface area contributed by atoms with E-state index >= 15 is 0 Å². The van der Waals surface area contributed by atoms with Gasteiger partial charge in [0.15, 0.2) is 5.69 Å². The van der Waals surface area contributed by atoms with E-state index in [1.54, 1.807) is 26.0 Å². The van der Waals surface area contributed by atoms with Crippen LogP contribution in [0, 0.1) is 17.8 Å². The Labute approximate surface area is 316 Å². The van der Waals surface area contributed by atoms with E-state index in [4.69, 9.17) is 28.5 Å². The molecule has 1 aromatic heterocycles. The predicted molar refractivity (Wildman–Crippen MR) is 199 cm³/mol. The van der Waals surface area contributed by atoms with Crippen LogP contribution < -0.4 is 9.47 Å². The lowest BCUT2D eigenvalue weighted by Gasteiger charge is -2.58. The van der Waals surface area contributed by atoms with E-state index in [2.05, 4.69) is 34.7 Å². The lowest BCUT2D eigenvalue weighted by atomic mass is 9.55. The van der Waals surface area contributed by atoms with Crippen molar-refractivity contribution in [1.29, 1.82) is 0 Å². The molecule has 294 valence electrons. The summed E-state index contributed by atoms with van der Waals surface area (Å²) in [4.78, 5) is 32.7. The quantitative estimate of drug-likeness (QED) is 0.0689. The summed E-state index contributed by atoms with van der Waals surface area (Å²) in [5, 5.41) is 32.9. The van der Waals surface area contributed by atoms with E-state index in [1.807, 2.05) is 25.1 Å². The highest BCUT2D eigenvalue weighted by Gasteiger charge is 2.65. The zero-order valence-electron chi connectivity index (χ0n) is 31.6. The molecule has 3 aliphatic rings. The minimum Gasteiger partial charge on any atom is -0.490 e. The summed E-state index contributed by atoms with van der Waals surface area (Å²) in [5.41, 5.74) is 1.93. The lowest BCUT2D eigenvalue weighted by Crippen LogP contribution is -2.63. The number of fused-ring (bicyclic) bond motifs is 2. The molecule has 1 aliphatic heterocycles. The van der Waals surface area contributed by atoms with E-state index in [9.17, 15) is 19.8 Å². The number of ether oxygens (including phenoxy) is 5. The summed E-state index contributed by atoms with van der Waals surface area (Å²) >= 11 is 0. The lowest BCUT2D eigenvalue weighted by molar-refractivity contribution is -0.252. The van der Waals surface area contributed by atoms with Crippen LogP contribution in [0.3, 0.4) is 0 Å². The van der Waals surface area contributed by atoms with Gasteiger partial charge < -0.3 is 38.7 Å². The maximum atomic E-state index is 13.8. The third-order valence-electron chi connectivity index (χ3n) is 10.2. The number of esters is 2. The van der Waals surface area contributed by atoms with Gasteiger partial charge in [0.1, 0.15) is 30.8 Å². The van der Waals surface area contributed by atoms with Crippen molar-refractivity contribution in [3.8, 4) is 11.5 Å². The van der Waals surface area contributed by atoms with E-state index < -0.39 is 29.7 Å². The van der Waals surface area contributed by atoms with E-state index in [0.29, 0.717) is 43.3 Å². The van der Waals surface area contributed by atoms with Crippen molar-refractivity contribution < 1.29 is 48.3 Å². The third-order valence-corrected chi connectivity index (χ3v) is 10.2. The number of hydrogen-bond acceptors (Lipinski definition) is 13. The average Bonchev–Trinajstić information content (AvgIpc) is 3.62. The Morgan fingerprint density at radius 3 is 2.41 bits per heavy atom. The summed E-state index contributed by atoms with van der Waals surface area (Å²) in [5.74, 6) is -2.67. The highest BCUT2D eigenvalue weighted by Crippen LogP contribution is 2.63. The largest absolute Gasteiger partial charge is 0.490 e. The second-order valence-corrected chi connectivity index (χ2v) is 13.5. The number of aromatic nitrogens is 3. The molecule has 14 heteroatoms. The summed E-state index contributed by atoms with van der Waals surface area (Å²) in [6.45, 7) is 13.9. The van der Waals surface area contributed by atoms with Gasteiger partial charge in [0.25, 0.3) is 0 Å². The van der Waals surface area contributed by atoms with Crippen LogP contribution in [0.25, 0.3) is 0 Å². The van der Waals surface area contributed by atoms with Gasteiger partial charge in [0.05, 0.1) is 31.5 Å². The Hall–Kier alpha value is -4.53. The Kier molecular flexibility index (Phi) is 14.4. The number of oxime groups is 1. The maximum absolute atomic E-state index is 13.8. The molecule has 1 saturated carbocycles.